The van der Waals surface area contributed by atoms with E-state index >= 15 is 0 Å². The summed E-state index contributed by atoms with van der Waals surface area (Å²) in [5.74, 6) is 0. The molecule has 0 saturated heterocycles. The average Bonchev–Trinajstić information content (AvgIpc) is 3.23. The Morgan fingerprint density at radius 2 is 0.904 bits per heavy atom. The van der Waals surface area contributed by atoms with Gasteiger partial charge in [0.25, 0.3) is 0 Å². The van der Waals surface area contributed by atoms with Crippen molar-refractivity contribution in [3.63, 3.8) is 0 Å². The van der Waals surface area contributed by atoms with Gasteiger partial charge in [0.1, 0.15) is 0 Å². The van der Waals surface area contributed by atoms with Gasteiger partial charge in [0.2, 0.25) is 0 Å². The molecule has 0 aromatic heterocycles. The molecule has 1 aliphatic rings. The van der Waals surface area contributed by atoms with Crippen molar-refractivity contribution in [3.05, 3.63) is 187 Å². The second kappa shape index (κ2) is 13.5. The van der Waals surface area contributed by atoms with Crippen LogP contribution in [0, 0.1) is 0 Å². The van der Waals surface area contributed by atoms with Gasteiger partial charge in [-0.3, -0.25) is 0 Å². The summed E-state index contributed by atoms with van der Waals surface area (Å²) >= 11 is 0. The second-order valence-corrected chi connectivity index (χ2v) is 13.5. The number of aryl methyl sites for hydroxylation is 1. The highest BCUT2D eigenvalue weighted by Crippen LogP contribution is 2.49. The van der Waals surface area contributed by atoms with Crippen molar-refractivity contribution in [2.75, 3.05) is 0 Å². The number of benzene rings is 9. The minimum absolute atomic E-state index is 1.07. The van der Waals surface area contributed by atoms with Crippen molar-refractivity contribution in [1.29, 1.82) is 0 Å². The highest BCUT2D eigenvalue weighted by atomic mass is 14.2. The largest absolute Gasteiger partial charge is 0.0836 e. The van der Waals surface area contributed by atoms with Gasteiger partial charge in [0.15, 0.2) is 0 Å². The number of allylic oxidation sites excluding steroid dienone is 1. The highest BCUT2D eigenvalue weighted by molar-refractivity contribution is 6.25. The molecule has 9 aromatic carbocycles. The van der Waals surface area contributed by atoms with Crippen molar-refractivity contribution in [1.82, 2.24) is 0 Å². The molecule has 0 aliphatic heterocycles. The summed E-state index contributed by atoms with van der Waals surface area (Å²) in [5, 5.41) is 10.2. The smallest absolute Gasteiger partial charge is 0.00199 e. The van der Waals surface area contributed by atoms with Gasteiger partial charge in [-0.15, -0.1) is 0 Å². The van der Waals surface area contributed by atoms with Crippen LogP contribution in [0.5, 0.6) is 0 Å². The molecule has 0 radical (unpaired) electrons. The van der Waals surface area contributed by atoms with E-state index < -0.39 is 0 Å². The lowest BCUT2D eigenvalue weighted by molar-refractivity contribution is 0.987. The molecule has 0 saturated carbocycles. The first-order valence-corrected chi connectivity index (χ1v) is 18.7. The molecule has 10 rings (SSSR count). The third-order valence-electron chi connectivity index (χ3n) is 10.7. The maximum atomic E-state index is 2.47. The van der Waals surface area contributed by atoms with Crippen LogP contribution >= 0.6 is 0 Å². The van der Waals surface area contributed by atoms with E-state index in [9.17, 15) is 0 Å². The van der Waals surface area contributed by atoms with Crippen LogP contribution in [0.1, 0.15) is 31.4 Å². The van der Waals surface area contributed by atoms with E-state index in [1.54, 1.807) is 0 Å². The zero-order chi connectivity index (χ0) is 35.0. The number of rotatable bonds is 4. The molecule has 0 fully saturated rings. The molecule has 0 heterocycles. The predicted octanol–water partition coefficient (Wildman–Crippen LogP) is 15.0. The van der Waals surface area contributed by atoms with Crippen LogP contribution in [0.25, 0.3) is 93.7 Å². The van der Waals surface area contributed by atoms with E-state index in [0.717, 1.165) is 12.8 Å². The Morgan fingerprint density at radius 3 is 1.63 bits per heavy atom. The Hall–Kier alpha value is -6.24. The molecular weight excluding hydrogens is 625 g/mol. The summed E-state index contributed by atoms with van der Waals surface area (Å²) < 4.78 is 0. The van der Waals surface area contributed by atoms with Crippen LogP contribution in [0.3, 0.4) is 0 Å². The predicted molar refractivity (Wildman–Crippen MR) is 227 cm³/mol. The first-order chi connectivity index (χ1) is 25.8. The molecule has 0 spiro atoms. The lowest BCUT2D eigenvalue weighted by Gasteiger charge is -2.23. The van der Waals surface area contributed by atoms with Gasteiger partial charge in [-0.25, -0.2) is 0 Å². The fourth-order valence-electron chi connectivity index (χ4n) is 8.39. The normalized spacial score (nSPS) is 12.2. The molecule has 0 heteroatoms. The Kier molecular flexibility index (Phi) is 8.22. The minimum Gasteiger partial charge on any atom is -0.0836 e. The van der Waals surface area contributed by atoms with Crippen LogP contribution in [0.2, 0.25) is 0 Å². The van der Waals surface area contributed by atoms with Crippen LogP contribution < -0.4 is 0 Å². The second-order valence-electron chi connectivity index (χ2n) is 13.5. The Balaban J connectivity index is 0.00000177. The molecule has 52 heavy (non-hydrogen) atoms. The van der Waals surface area contributed by atoms with E-state index in [1.807, 2.05) is 13.8 Å². The van der Waals surface area contributed by atoms with E-state index in [2.05, 4.69) is 182 Å². The monoisotopic (exact) mass is 664 g/mol. The number of hydrogen-bond donors (Lipinski definition) is 0. The van der Waals surface area contributed by atoms with Crippen LogP contribution in [-0.4, -0.2) is 0 Å². The van der Waals surface area contributed by atoms with E-state index in [-0.39, 0.29) is 0 Å². The molecule has 0 unspecified atom stereocenters. The van der Waals surface area contributed by atoms with E-state index in [1.165, 1.54) is 98.7 Å². The number of hydrogen-bond acceptors (Lipinski definition) is 0. The van der Waals surface area contributed by atoms with Gasteiger partial charge < -0.3 is 0 Å². The van der Waals surface area contributed by atoms with Gasteiger partial charge in [-0.2, -0.15) is 0 Å². The SMILES string of the molecule is C1=Cc2c(cccc2-c2c3cc(-c4cccc5ccccc45)ccc3c(-c3cccc4ccccc34)c3cc(-c4ccccc4)ccc23)CC1.CC. The van der Waals surface area contributed by atoms with Gasteiger partial charge >= 0.3 is 0 Å². The molecule has 0 N–H and O–H groups in total. The maximum absolute atomic E-state index is 2.47. The van der Waals surface area contributed by atoms with Crippen molar-refractivity contribution in [2.24, 2.45) is 0 Å². The summed E-state index contributed by atoms with van der Waals surface area (Å²) in [6.45, 7) is 4.00. The van der Waals surface area contributed by atoms with E-state index in [0.29, 0.717) is 0 Å². The molecule has 9 aromatic rings. The van der Waals surface area contributed by atoms with Crippen LogP contribution in [0.4, 0.5) is 0 Å². The lowest BCUT2D eigenvalue weighted by atomic mass is 9.80. The van der Waals surface area contributed by atoms with Gasteiger partial charge in [0, 0.05) is 0 Å². The van der Waals surface area contributed by atoms with Crippen molar-refractivity contribution in [2.45, 2.75) is 26.7 Å². The van der Waals surface area contributed by atoms with Gasteiger partial charge in [-0.05, 0) is 124 Å². The topological polar surface area (TPSA) is 0 Å². The lowest BCUT2D eigenvalue weighted by Crippen LogP contribution is -1.99. The quantitative estimate of drug-likeness (QED) is 0.164. The first kappa shape index (κ1) is 31.7. The Labute approximate surface area is 306 Å². The molecule has 0 atom stereocenters. The zero-order valence-corrected chi connectivity index (χ0v) is 29.7. The minimum atomic E-state index is 1.07. The first-order valence-electron chi connectivity index (χ1n) is 18.7. The molecular formula is C52H40. The molecule has 1 aliphatic carbocycles. The summed E-state index contributed by atoms with van der Waals surface area (Å²) in [5.41, 5.74) is 12.9. The summed E-state index contributed by atoms with van der Waals surface area (Å²) in [7, 11) is 0. The summed E-state index contributed by atoms with van der Waals surface area (Å²) in [6, 6.07) is 63.1. The third-order valence-corrected chi connectivity index (χ3v) is 10.7. The van der Waals surface area contributed by atoms with Crippen molar-refractivity contribution in [3.8, 4) is 44.5 Å². The zero-order valence-electron chi connectivity index (χ0n) is 29.7. The molecule has 0 amide bonds. The highest BCUT2D eigenvalue weighted by Gasteiger charge is 2.22. The van der Waals surface area contributed by atoms with E-state index in [4.69, 9.17) is 0 Å². The fraction of sp³-hybridized carbons (Fsp3) is 0.0769. The fourth-order valence-corrected chi connectivity index (χ4v) is 8.39. The number of fused-ring (bicyclic) bond motifs is 5. The Bertz CT molecular complexity index is 2790. The molecule has 0 nitrogen and oxygen atoms in total. The summed E-state index contributed by atoms with van der Waals surface area (Å²) in [4.78, 5) is 0. The average molecular weight is 665 g/mol. The van der Waals surface area contributed by atoms with Gasteiger partial charge in [-0.1, -0.05) is 184 Å². The van der Waals surface area contributed by atoms with Crippen LogP contribution in [0.15, 0.2) is 176 Å². The standard InChI is InChI=1S/C50H34.C2H6/c1-2-13-33(14-3-1)37-27-29-45-47(31-37)49(43-25-11-19-35-16-5-8-22-40(35)43)46-30-28-38(42-24-10-18-34-15-4-7-21-39(34)42)32-48(46)50(45)44-26-12-20-36-17-6-9-23-41(36)44;1-2/h1-5,7-16,18-32H,6,17H2;1-2H3. The Morgan fingerprint density at radius 1 is 0.365 bits per heavy atom. The molecule has 0 bridgehead atoms. The molecule has 248 valence electrons. The van der Waals surface area contributed by atoms with Crippen molar-refractivity contribution < 1.29 is 0 Å². The van der Waals surface area contributed by atoms with Crippen LogP contribution in [-0.2, 0) is 6.42 Å². The van der Waals surface area contributed by atoms with Gasteiger partial charge in [0.05, 0.1) is 0 Å². The third kappa shape index (κ3) is 5.31. The van der Waals surface area contributed by atoms with Crippen molar-refractivity contribution >= 4 is 49.2 Å². The summed E-state index contributed by atoms with van der Waals surface area (Å²) in [6.07, 6.45) is 6.86. The maximum Gasteiger partial charge on any atom is -0.00199 e.